The zero-order valence-electron chi connectivity index (χ0n) is 11.4. The summed E-state index contributed by atoms with van der Waals surface area (Å²) in [6, 6.07) is 6.23. The van der Waals surface area contributed by atoms with E-state index in [4.69, 9.17) is 0 Å². The lowest BCUT2D eigenvalue weighted by atomic mass is 10.1. The molecule has 1 aliphatic rings. The molecule has 2 rings (SSSR count). The lowest BCUT2D eigenvalue weighted by molar-refractivity contribution is 0.491. The van der Waals surface area contributed by atoms with E-state index in [-0.39, 0.29) is 5.41 Å². The van der Waals surface area contributed by atoms with E-state index in [0.717, 1.165) is 30.4 Å². The number of aryl methyl sites for hydroxylation is 1. The highest BCUT2D eigenvalue weighted by atomic mass is 79.9. The minimum absolute atomic E-state index is 0.00312. The normalized spacial score (nSPS) is 17.4. The maximum absolute atomic E-state index is 11.4. The van der Waals surface area contributed by atoms with Crippen LogP contribution in [-0.4, -0.2) is 27.0 Å². The Hall–Kier alpha value is -0.390. The highest BCUT2D eigenvalue weighted by Crippen LogP contribution is 2.46. The summed E-state index contributed by atoms with van der Waals surface area (Å²) >= 11 is 3.45. The lowest BCUT2D eigenvalue weighted by Gasteiger charge is -2.15. The van der Waals surface area contributed by atoms with E-state index in [1.807, 2.05) is 6.07 Å². The summed E-state index contributed by atoms with van der Waals surface area (Å²) in [7, 11) is -2.87. The molecule has 5 heteroatoms. The number of sulfone groups is 1. The molecule has 0 atom stereocenters. The molecule has 1 saturated carbocycles. The number of benzene rings is 1. The van der Waals surface area contributed by atoms with E-state index in [1.165, 1.54) is 17.4 Å². The van der Waals surface area contributed by atoms with Gasteiger partial charge in [-0.1, -0.05) is 22.0 Å². The summed E-state index contributed by atoms with van der Waals surface area (Å²) < 4.78 is 23.8. The van der Waals surface area contributed by atoms with Gasteiger partial charge in [0.15, 0.2) is 0 Å². The Balaban J connectivity index is 1.87. The highest BCUT2D eigenvalue weighted by molar-refractivity contribution is 9.10. The van der Waals surface area contributed by atoms with E-state index < -0.39 is 9.84 Å². The van der Waals surface area contributed by atoms with Crippen LogP contribution in [0.4, 0.5) is 0 Å². The fourth-order valence-corrected chi connectivity index (χ4v) is 4.40. The van der Waals surface area contributed by atoms with Gasteiger partial charge >= 0.3 is 0 Å². The Bertz CT molecular complexity index is 565. The molecule has 0 bridgehead atoms. The van der Waals surface area contributed by atoms with E-state index in [0.29, 0.717) is 5.75 Å². The SMILES string of the molecule is Cc1cc(Br)ccc1CNCC1(CS(C)(=O)=O)CC1. The van der Waals surface area contributed by atoms with Gasteiger partial charge in [-0.15, -0.1) is 0 Å². The first kappa shape index (κ1) is 15.0. The largest absolute Gasteiger partial charge is 0.312 e. The molecule has 0 aliphatic heterocycles. The fourth-order valence-electron chi connectivity index (χ4n) is 2.43. The lowest BCUT2D eigenvalue weighted by Crippen LogP contribution is -2.29. The molecule has 0 spiro atoms. The Morgan fingerprint density at radius 3 is 2.58 bits per heavy atom. The van der Waals surface area contributed by atoms with Crippen LogP contribution in [0, 0.1) is 12.3 Å². The summed E-state index contributed by atoms with van der Waals surface area (Å²) in [6.45, 7) is 3.67. The number of hydrogen-bond donors (Lipinski definition) is 1. The minimum atomic E-state index is -2.87. The van der Waals surface area contributed by atoms with Gasteiger partial charge in [-0.05, 0) is 48.4 Å². The Morgan fingerprint density at radius 1 is 1.37 bits per heavy atom. The van der Waals surface area contributed by atoms with Crippen molar-refractivity contribution in [2.45, 2.75) is 26.3 Å². The average molecular weight is 346 g/mol. The predicted molar refractivity (Wildman–Crippen MR) is 82.0 cm³/mol. The summed E-state index contributed by atoms with van der Waals surface area (Å²) in [4.78, 5) is 0. The van der Waals surface area contributed by atoms with Crippen LogP contribution in [0.15, 0.2) is 22.7 Å². The van der Waals surface area contributed by atoms with Crippen LogP contribution < -0.4 is 5.32 Å². The Morgan fingerprint density at radius 2 is 2.05 bits per heavy atom. The first-order chi connectivity index (χ1) is 8.80. The molecule has 0 aromatic heterocycles. The van der Waals surface area contributed by atoms with Gasteiger partial charge in [-0.2, -0.15) is 0 Å². The number of nitrogens with one attached hydrogen (secondary N) is 1. The van der Waals surface area contributed by atoms with Crippen molar-refractivity contribution in [1.29, 1.82) is 0 Å². The zero-order chi connectivity index (χ0) is 14.1. The first-order valence-corrected chi connectivity index (χ1v) is 9.29. The minimum Gasteiger partial charge on any atom is -0.312 e. The van der Waals surface area contributed by atoms with Gasteiger partial charge in [0.05, 0.1) is 5.75 Å². The third-order valence-electron chi connectivity index (χ3n) is 3.65. The molecule has 1 aromatic carbocycles. The fraction of sp³-hybridized carbons (Fsp3) is 0.571. The zero-order valence-corrected chi connectivity index (χ0v) is 13.8. The molecule has 106 valence electrons. The van der Waals surface area contributed by atoms with Crippen LogP contribution in [0.5, 0.6) is 0 Å². The maximum Gasteiger partial charge on any atom is 0.148 e. The van der Waals surface area contributed by atoms with Crippen molar-refractivity contribution in [3.05, 3.63) is 33.8 Å². The molecule has 0 radical (unpaired) electrons. The molecule has 1 N–H and O–H groups in total. The van der Waals surface area contributed by atoms with Crippen LogP contribution in [-0.2, 0) is 16.4 Å². The second kappa shape index (κ2) is 5.54. The molecular weight excluding hydrogens is 326 g/mol. The molecule has 1 fully saturated rings. The van der Waals surface area contributed by atoms with E-state index in [1.54, 1.807) is 0 Å². The number of halogens is 1. The van der Waals surface area contributed by atoms with E-state index in [2.05, 4.69) is 40.3 Å². The van der Waals surface area contributed by atoms with Gasteiger partial charge < -0.3 is 5.32 Å². The molecule has 3 nitrogen and oxygen atoms in total. The van der Waals surface area contributed by atoms with Crippen LogP contribution in [0.2, 0.25) is 0 Å². The monoisotopic (exact) mass is 345 g/mol. The molecular formula is C14H20BrNO2S. The van der Waals surface area contributed by atoms with Gasteiger partial charge in [-0.25, -0.2) is 8.42 Å². The highest BCUT2D eigenvalue weighted by Gasteiger charge is 2.44. The smallest absolute Gasteiger partial charge is 0.148 e. The van der Waals surface area contributed by atoms with Crippen molar-refractivity contribution in [1.82, 2.24) is 5.32 Å². The molecule has 1 aliphatic carbocycles. The van der Waals surface area contributed by atoms with Gasteiger partial charge in [0.2, 0.25) is 0 Å². The molecule has 19 heavy (non-hydrogen) atoms. The predicted octanol–water partition coefficient (Wildman–Crippen LogP) is 2.67. The molecule has 0 saturated heterocycles. The van der Waals surface area contributed by atoms with Crippen molar-refractivity contribution < 1.29 is 8.42 Å². The van der Waals surface area contributed by atoms with Crippen LogP contribution in [0.1, 0.15) is 24.0 Å². The van der Waals surface area contributed by atoms with Gasteiger partial charge in [0, 0.05) is 23.8 Å². The second-order valence-electron chi connectivity index (χ2n) is 5.74. The van der Waals surface area contributed by atoms with Gasteiger partial charge in [0.1, 0.15) is 9.84 Å². The topological polar surface area (TPSA) is 46.2 Å². The second-order valence-corrected chi connectivity index (χ2v) is 8.80. The molecule has 0 unspecified atom stereocenters. The van der Waals surface area contributed by atoms with Crippen molar-refractivity contribution >= 4 is 25.8 Å². The standard InChI is InChI=1S/C14H20BrNO2S/c1-11-7-13(15)4-3-12(11)8-16-9-14(5-6-14)10-19(2,17)18/h3-4,7,16H,5-6,8-10H2,1-2H3. The summed E-state index contributed by atoms with van der Waals surface area (Å²) in [5, 5.41) is 3.41. The first-order valence-electron chi connectivity index (χ1n) is 6.43. The van der Waals surface area contributed by atoms with Crippen LogP contribution in [0.25, 0.3) is 0 Å². The number of rotatable bonds is 6. The summed E-state index contributed by atoms with van der Waals surface area (Å²) in [5.41, 5.74) is 2.50. The van der Waals surface area contributed by atoms with Gasteiger partial charge in [0.25, 0.3) is 0 Å². The Kier molecular flexibility index (Phi) is 4.38. The van der Waals surface area contributed by atoms with Crippen molar-refractivity contribution in [3.8, 4) is 0 Å². The molecule has 0 heterocycles. The van der Waals surface area contributed by atoms with E-state index >= 15 is 0 Å². The van der Waals surface area contributed by atoms with Gasteiger partial charge in [-0.3, -0.25) is 0 Å². The van der Waals surface area contributed by atoms with Crippen LogP contribution >= 0.6 is 15.9 Å². The average Bonchev–Trinajstić information content (AvgIpc) is 2.99. The quantitative estimate of drug-likeness (QED) is 0.862. The van der Waals surface area contributed by atoms with Crippen LogP contribution in [0.3, 0.4) is 0 Å². The third-order valence-corrected chi connectivity index (χ3v) is 5.28. The molecule has 1 aromatic rings. The Labute approximate surface area is 123 Å². The van der Waals surface area contributed by atoms with Crippen molar-refractivity contribution in [3.63, 3.8) is 0 Å². The number of hydrogen-bond acceptors (Lipinski definition) is 3. The van der Waals surface area contributed by atoms with Crippen molar-refractivity contribution in [2.75, 3.05) is 18.6 Å². The summed E-state index contributed by atoms with van der Waals surface area (Å²) in [6.07, 6.45) is 3.37. The molecule has 0 amide bonds. The van der Waals surface area contributed by atoms with E-state index in [9.17, 15) is 8.42 Å². The third kappa shape index (κ3) is 4.58. The maximum atomic E-state index is 11.4. The van der Waals surface area contributed by atoms with Crippen molar-refractivity contribution in [2.24, 2.45) is 5.41 Å². The summed E-state index contributed by atoms with van der Waals surface area (Å²) in [5.74, 6) is 0.312.